The highest BCUT2D eigenvalue weighted by Gasteiger charge is 2.22. The molecular weight excluding hydrogens is 338 g/mol. The molecule has 134 valence electrons. The molecule has 1 N–H and O–H groups in total. The van der Waals surface area contributed by atoms with Crippen LogP contribution in [0.2, 0.25) is 0 Å². The number of ketones is 1. The van der Waals surface area contributed by atoms with Crippen molar-refractivity contribution < 1.29 is 32.6 Å². The number of carbonyl (C=O) groups is 2. The van der Waals surface area contributed by atoms with Crippen LogP contribution in [-0.4, -0.2) is 37.3 Å². The van der Waals surface area contributed by atoms with Gasteiger partial charge in [0.2, 0.25) is 0 Å². The van der Waals surface area contributed by atoms with Gasteiger partial charge in [-0.05, 0) is 32.0 Å². The summed E-state index contributed by atoms with van der Waals surface area (Å²) in [5.74, 6) is -3.24. The molecule has 0 fully saturated rings. The molecule has 0 amide bonds. The fourth-order valence-corrected chi connectivity index (χ4v) is 1.81. The molecule has 0 unspecified atom stereocenters. The van der Waals surface area contributed by atoms with Gasteiger partial charge in [-0.25, -0.2) is 4.79 Å². The number of Topliss-reactive ketones (excluding diaryl/α,β-unsaturated/α-hetero) is 1. The SMILES string of the molecule is CCOc1cc(C(=O)OCC(=O)[C@@H](C#N)C(C)=N)ccc1OC(F)F. The quantitative estimate of drug-likeness (QED) is 0.539. The largest absolute Gasteiger partial charge is 0.490 e. The monoisotopic (exact) mass is 354 g/mol. The second-order valence-electron chi connectivity index (χ2n) is 4.76. The van der Waals surface area contributed by atoms with Crippen LogP contribution in [0.1, 0.15) is 24.2 Å². The van der Waals surface area contributed by atoms with Gasteiger partial charge in [-0.3, -0.25) is 4.79 Å². The Balaban J connectivity index is 2.85. The zero-order valence-corrected chi connectivity index (χ0v) is 13.5. The zero-order chi connectivity index (χ0) is 19.0. The van der Waals surface area contributed by atoms with E-state index in [-0.39, 0.29) is 29.4 Å². The van der Waals surface area contributed by atoms with Crippen molar-refractivity contribution in [1.29, 1.82) is 10.7 Å². The average molecular weight is 354 g/mol. The highest BCUT2D eigenvalue weighted by atomic mass is 19.3. The number of ether oxygens (including phenoxy) is 3. The Labute approximate surface area is 142 Å². The molecule has 9 heteroatoms. The van der Waals surface area contributed by atoms with Crippen molar-refractivity contribution in [3.8, 4) is 17.6 Å². The minimum Gasteiger partial charge on any atom is -0.490 e. The fraction of sp³-hybridized carbons (Fsp3) is 0.375. The van der Waals surface area contributed by atoms with Gasteiger partial charge < -0.3 is 19.6 Å². The van der Waals surface area contributed by atoms with E-state index in [4.69, 9.17) is 20.1 Å². The molecule has 0 saturated carbocycles. The van der Waals surface area contributed by atoms with Crippen molar-refractivity contribution in [2.24, 2.45) is 5.92 Å². The van der Waals surface area contributed by atoms with Gasteiger partial charge in [0.05, 0.1) is 18.2 Å². The summed E-state index contributed by atoms with van der Waals surface area (Å²) in [4.78, 5) is 23.7. The van der Waals surface area contributed by atoms with E-state index in [0.29, 0.717) is 0 Å². The molecule has 7 nitrogen and oxygen atoms in total. The summed E-state index contributed by atoms with van der Waals surface area (Å²) in [6.45, 7) is -0.672. The van der Waals surface area contributed by atoms with Crippen LogP contribution in [0.5, 0.6) is 11.5 Å². The van der Waals surface area contributed by atoms with E-state index < -0.39 is 30.9 Å². The lowest BCUT2D eigenvalue weighted by Gasteiger charge is -2.12. The molecule has 1 rings (SSSR count). The molecule has 0 aromatic heterocycles. The number of nitrogens with one attached hydrogen (secondary N) is 1. The molecule has 0 radical (unpaired) electrons. The van der Waals surface area contributed by atoms with Crippen LogP contribution in [0.25, 0.3) is 0 Å². The minimum absolute atomic E-state index is 0.0436. The number of benzene rings is 1. The number of halogens is 2. The van der Waals surface area contributed by atoms with Crippen molar-refractivity contribution in [1.82, 2.24) is 0 Å². The predicted octanol–water partition coefficient (Wildman–Crippen LogP) is 2.59. The van der Waals surface area contributed by atoms with Crippen LogP contribution in [0.4, 0.5) is 8.78 Å². The summed E-state index contributed by atoms with van der Waals surface area (Å²) < 4.78 is 38.9. The number of nitrogens with zero attached hydrogens (tertiary/aromatic N) is 1. The summed E-state index contributed by atoms with van der Waals surface area (Å²) in [6, 6.07) is 5.09. The van der Waals surface area contributed by atoms with E-state index in [1.165, 1.54) is 13.0 Å². The third-order valence-corrected chi connectivity index (χ3v) is 2.92. The Morgan fingerprint density at radius 3 is 2.52 bits per heavy atom. The highest BCUT2D eigenvalue weighted by molar-refractivity contribution is 6.06. The second kappa shape index (κ2) is 9.32. The maximum Gasteiger partial charge on any atom is 0.387 e. The molecule has 0 bridgehead atoms. The third-order valence-electron chi connectivity index (χ3n) is 2.92. The lowest BCUT2D eigenvalue weighted by Crippen LogP contribution is -2.25. The first kappa shape index (κ1) is 20.0. The number of hydrogen-bond donors (Lipinski definition) is 1. The molecule has 25 heavy (non-hydrogen) atoms. The molecule has 1 atom stereocenters. The van der Waals surface area contributed by atoms with E-state index in [9.17, 15) is 18.4 Å². The third kappa shape index (κ3) is 5.84. The molecule has 0 heterocycles. The zero-order valence-electron chi connectivity index (χ0n) is 13.5. The predicted molar refractivity (Wildman–Crippen MR) is 82.0 cm³/mol. The molecule has 0 aliphatic carbocycles. The number of carbonyl (C=O) groups excluding carboxylic acids is 2. The minimum atomic E-state index is -3.05. The van der Waals surface area contributed by atoms with Crippen molar-refractivity contribution in [3.05, 3.63) is 23.8 Å². The molecule has 1 aromatic carbocycles. The van der Waals surface area contributed by atoms with E-state index in [2.05, 4.69) is 4.74 Å². The summed E-state index contributed by atoms with van der Waals surface area (Å²) in [5.41, 5.74) is -0.200. The topological polar surface area (TPSA) is 109 Å². The normalized spacial score (nSPS) is 11.4. The Morgan fingerprint density at radius 2 is 2.00 bits per heavy atom. The standard InChI is InChI=1S/C16H16F2N2O5/c1-3-23-14-6-10(4-5-13(14)25-16(17)18)15(22)24-8-12(21)11(7-19)9(2)20/h4-6,11,16,20H,3,8H2,1-2H3/t11-/m0/s1. The van der Waals surface area contributed by atoms with Gasteiger partial charge in [0, 0.05) is 5.71 Å². The van der Waals surface area contributed by atoms with Gasteiger partial charge in [-0.2, -0.15) is 14.0 Å². The molecule has 0 saturated heterocycles. The summed E-state index contributed by atoms with van der Waals surface area (Å²) in [6.07, 6.45) is 0. The second-order valence-corrected chi connectivity index (χ2v) is 4.76. The van der Waals surface area contributed by atoms with Gasteiger partial charge in [0.15, 0.2) is 23.9 Å². The Hall–Kier alpha value is -3.02. The maximum atomic E-state index is 12.3. The van der Waals surface area contributed by atoms with Crippen molar-refractivity contribution >= 4 is 17.5 Å². The van der Waals surface area contributed by atoms with Crippen LogP contribution in [0, 0.1) is 22.7 Å². The molecular formula is C16H16F2N2O5. The van der Waals surface area contributed by atoms with Gasteiger partial charge >= 0.3 is 12.6 Å². The Bertz CT molecular complexity index is 700. The first-order valence-corrected chi connectivity index (χ1v) is 7.16. The average Bonchev–Trinajstić information content (AvgIpc) is 2.54. The summed E-state index contributed by atoms with van der Waals surface area (Å²) in [5, 5.41) is 16.1. The maximum absolute atomic E-state index is 12.3. The summed E-state index contributed by atoms with van der Waals surface area (Å²) in [7, 11) is 0. The van der Waals surface area contributed by atoms with Gasteiger partial charge in [-0.15, -0.1) is 0 Å². The number of alkyl halides is 2. The van der Waals surface area contributed by atoms with E-state index in [1.54, 1.807) is 13.0 Å². The molecule has 1 aromatic rings. The Kier molecular flexibility index (Phi) is 7.46. The van der Waals surface area contributed by atoms with Gasteiger partial charge in [0.25, 0.3) is 0 Å². The Morgan fingerprint density at radius 1 is 1.32 bits per heavy atom. The van der Waals surface area contributed by atoms with Crippen LogP contribution >= 0.6 is 0 Å². The summed E-state index contributed by atoms with van der Waals surface area (Å²) >= 11 is 0. The highest BCUT2D eigenvalue weighted by Crippen LogP contribution is 2.30. The smallest absolute Gasteiger partial charge is 0.387 e. The first-order valence-electron chi connectivity index (χ1n) is 7.16. The van der Waals surface area contributed by atoms with Crippen LogP contribution in [0.3, 0.4) is 0 Å². The van der Waals surface area contributed by atoms with Crippen LogP contribution in [0.15, 0.2) is 18.2 Å². The molecule has 0 aliphatic heterocycles. The number of esters is 1. The van der Waals surface area contributed by atoms with Crippen LogP contribution < -0.4 is 9.47 Å². The number of nitriles is 1. The molecule has 0 aliphatic rings. The van der Waals surface area contributed by atoms with E-state index in [0.717, 1.165) is 12.1 Å². The van der Waals surface area contributed by atoms with Crippen molar-refractivity contribution in [3.63, 3.8) is 0 Å². The van der Waals surface area contributed by atoms with Gasteiger partial charge in [-0.1, -0.05) is 0 Å². The lowest BCUT2D eigenvalue weighted by molar-refractivity contribution is -0.122. The van der Waals surface area contributed by atoms with Crippen molar-refractivity contribution in [2.45, 2.75) is 20.5 Å². The fourth-order valence-electron chi connectivity index (χ4n) is 1.81. The van der Waals surface area contributed by atoms with Gasteiger partial charge in [0.1, 0.15) is 5.92 Å². The van der Waals surface area contributed by atoms with E-state index in [1.807, 2.05) is 0 Å². The number of hydrogen-bond acceptors (Lipinski definition) is 7. The van der Waals surface area contributed by atoms with Crippen LogP contribution in [-0.2, 0) is 9.53 Å². The molecule has 0 spiro atoms. The first-order chi connectivity index (χ1) is 11.8. The number of rotatable bonds is 9. The lowest BCUT2D eigenvalue weighted by atomic mass is 10.0. The van der Waals surface area contributed by atoms with Crippen molar-refractivity contribution in [2.75, 3.05) is 13.2 Å². The van der Waals surface area contributed by atoms with E-state index >= 15 is 0 Å².